The molecule has 1 fully saturated rings. The maximum atomic E-state index is 12.1. The Kier molecular flexibility index (Phi) is 3.44. The topological polar surface area (TPSA) is 56.1 Å². The monoisotopic (exact) mass is 255 g/mol. The summed E-state index contributed by atoms with van der Waals surface area (Å²) in [7, 11) is 0. The number of halogens is 1. The highest BCUT2D eigenvalue weighted by Crippen LogP contribution is 2.24. The highest BCUT2D eigenvalue weighted by Gasteiger charge is 2.28. The van der Waals surface area contributed by atoms with E-state index in [2.05, 4.69) is 11.4 Å². The number of carbonyl (C=O) groups is 1. The van der Waals surface area contributed by atoms with E-state index in [0.717, 1.165) is 0 Å². The van der Waals surface area contributed by atoms with Gasteiger partial charge in [0.2, 0.25) is 0 Å². The fourth-order valence-corrected chi connectivity index (χ4v) is 2.73. The highest BCUT2D eigenvalue weighted by atomic mass is 35.5. The van der Waals surface area contributed by atoms with E-state index in [-0.39, 0.29) is 5.91 Å². The number of hydrogen-bond donors (Lipinski definition) is 1. The largest absolute Gasteiger partial charge is 0.319 e. The second-order valence-corrected chi connectivity index (χ2v) is 4.77. The zero-order valence-corrected chi connectivity index (χ0v) is 10.0. The SMILES string of the molecule is N#CC1CNCCN1C(=O)c1sccc1Cl. The first-order chi connectivity index (χ1) is 7.74. The van der Waals surface area contributed by atoms with Gasteiger partial charge < -0.3 is 10.2 Å². The van der Waals surface area contributed by atoms with Gasteiger partial charge in [0.05, 0.1) is 11.1 Å². The predicted molar refractivity (Wildman–Crippen MR) is 62.6 cm³/mol. The minimum atomic E-state index is -0.403. The summed E-state index contributed by atoms with van der Waals surface area (Å²) in [6, 6.07) is 3.41. The molecule has 0 aromatic carbocycles. The number of rotatable bonds is 1. The molecule has 1 amide bonds. The molecule has 0 aliphatic carbocycles. The number of nitrogens with one attached hydrogen (secondary N) is 1. The average molecular weight is 256 g/mol. The van der Waals surface area contributed by atoms with Crippen LogP contribution in [0.1, 0.15) is 9.67 Å². The normalized spacial score (nSPS) is 20.5. The summed E-state index contributed by atoms with van der Waals surface area (Å²) in [6.45, 7) is 1.78. The fourth-order valence-electron chi connectivity index (χ4n) is 1.64. The third-order valence-electron chi connectivity index (χ3n) is 2.46. The molecule has 1 aliphatic rings. The number of nitriles is 1. The Balaban J connectivity index is 2.21. The van der Waals surface area contributed by atoms with E-state index >= 15 is 0 Å². The van der Waals surface area contributed by atoms with Gasteiger partial charge in [-0.25, -0.2) is 0 Å². The first-order valence-electron chi connectivity index (χ1n) is 4.88. The van der Waals surface area contributed by atoms with Crippen molar-refractivity contribution in [1.82, 2.24) is 10.2 Å². The third kappa shape index (κ3) is 2.05. The molecule has 1 aromatic heterocycles. The average Bonchev–Trinajstić information content (AvgIpc) is 2.74. The van der Waals surface area contributed by atoms with Gasteiger partial charge in [0, 0.05) is 19.6 Å². The van der Waals surface area contributed by atoms with Gasteiger partial charge >= 0.3 is 0 Å². The van der Waals surface area contributed by atoms with E-state index in [4.69, 9.17) is 16.9 Å². The highest BCUT2D eigenvalue weighted by molar-refractivity contribution is 7.12. The maximum Gasteiger partial charge on any atom is 0.266 e. The van der Waals surface area contributed by atoms with Crippen molar-refractivity contribution in [2.75, 3.05) is 19.6 Å². The Morgan fingerprint density at radius 1 is 1.75 bits per heavy atom. The van der Waals surface area contributed by atoms with E-state index in [1.165, 1.54) is 11.3 Å². The van der Waals surface area contributed by atoms with Crippen LogP contribution in [0.3, 0.4) is 0 Å². The number of carbonyl (C=O) groups excluding carboxylic acids is 1. The molecule has 1 aliphatic heterocycles. The number of thiophene rings is 1. The lowest BCUT2D eigenvalue weighted by Crippen LogP contribution is -2.52. The van der Waals surface area contributed by atoms with Crippen LogP contribution in [0.4, 0.5) is 0 Å². The van der Waals surface area contributed by atoms with Crippen LogP contribution in [0.25, 0.3) is 0 Å². The Hall–Kier alpha value is -1.09. The lowest BCUT2D eigenvalue weighted by molar-refractivity contribution is 0.0692. The molecule has 0 spiro atoms. The van der Waals surface area contributed by atoms with Crippen molar-refractivity contribution < 1.29 is 4.79 Å². The van der Waals surface area contributed by atoms with Crippen LogP contribution in [0.5, 0.6) is 0 Å². The number of hydrogen-bond acceptors (Lipinski definition) is 4. The zero-order valence-electron chi connectivity index (χ0n) is 8.44. The molecule has 0 radical (unpaired) electrons. The maximum absolute atomic E-state index is 12.1. The van der Waals surface area contributed by atoms with Crippen LogP contribution in [0, 0.1) is 11.3 Å². The first kappa shape index (κ1) is 11.4. The zero-order chi connectivity index (χ0) is 11.5. The Labute approximate surface area is 102 Å². The molecule has 1 unspecified atom stereocenters. The van der Waals surface area contributed by atoms with Crippen molar-refractivity contribution in [3.05, 3.63) is 21.3 Å². The Morgan fingerprint density at radius 3 is 3.19 bits per heavy atom. The van der Waals surface area contributed by atoms with Crippen molar-refractivity contribution in [2.24, 2.45) is 0 Å². The van der Waals surface area contributed by atoms with Crippen molar-refractivity contribution in [3.63, 3.8) is 0 Å². The van der Waals surface area contributed by atoms with Gasteiger partial charge in [-0.05, 0) is 11.4 Å². The van der Waals surface area contributed by atoms with Crippen LogP contribution in [-0.4, -0.2) is 36.5 Å². The molecule has 1 N–H and O–H groups in total. The minimum Gasteiger partial charge on any atom is -0.319 e. The minimum absolute atomic E-state index is 0.145. The van der Waals surface area contributed by atoms with Gasteiger partial charge in [0.1, 0.15) is 10.9 Å². The van der Waals surface area contributed by atoms with Crippen LogP contribution in [0.2, 0.25) is 5.02 Å². The molecule has 2 heterocycles. The van der Waals surface area contributed by atoms with E-state index in [9.17, 15) is 4.79 Å². The lowest BCUT2D eigenvalue weighted by atomic mass is 10.2. The van der Waals surface area contributed by atoms with Crippen LogP contribution in [0.15, 0.2) is 11.4 Å². The van der Waals surface area contributed by atoms with Crippen molar-refractivity contribution in [3.8, 4) is 6.07 Å². The van der Waals surface area contributed by atoms with Gasteiger partial charge in [-0.1, -0.05) is 11.6 Å². The molecular weight excluding hydrogens is 246 g/mol. The number of nitrogens with zero attached hydrogens (tertiary/aromatic N) is 2. The van der Waals surface area contributed by atoms with Crippen LogP contribution < -0.4 is 5.32 Å². The molecule has 2 rings (SSSR count). The molecule has 6 heteroatoms. The van der Waals surface area contributed by atoms with Gasteiger partial charge in [-0.2, -0.15) is 5.26 Å². The predicted octanol–water partition coefficient (Wildman–Crippen LogP) is 1.34. The number of amides is 1. The summed E-state index contributed by atoms with van der Waals surface area (Å²) >= 11 is 7.22. The van der Waals surface area contributed by atoms with Crippen molar-refractivity contribution in [1.29, 1.82) is 5.26 Å². The summed E-state index contributed by atoms with van der Waals surface area (Å²) < 4.78 is 0. The summed E-state index contributed by atoms with van der Waals surface area (Å²) in [5, 5.41) is 14.3. The van der Waals surface area contributed by atoms with Gasteiger partial charge in [0.25, 0.3) is 5.91 Å². The number of piperazine rings is 1. The quantitative estimate of drug-likeness (QED) is 0.824. The Bertz CT molecular complexity index is 440. The smallest absolute Gasteiger partial charge is 0.266 e. The third-order valence-corrected chi connectivity index (χ3v) is 3.79. The van der Waals surface area contributed by atoms with Crippen molar-refractivity contribution in [2.45, 2.75) is 6.04 Å². The molecule has 1 atom stereocenters. The summed E-state index contributed by atoms with van der Waals surface area (Å²) in [5.74, 6) is -0.145. The molecular formula is C10H10ClN3OS. The van der Waals surface area contributed by atoms with Crippen LogP contribution in [-0.2, 0) is 0 Å². The molecule has 1 aromatic rings. The fraction of sp³-hybridized carbons (Fsp3) is 0.400. The molecule has 16 heavy (non-hydrogen) atoms. The second kappa shape index (κ2) is 4.83. The molecule has 4 nitrogen and oxygen atoms in total. The standard InChI is InChI=1S/C10H10ClN3OS/c11-8-1-4-16-9(8)10(15)14-3-2-13-6-7(14)5-12/h1,4,7,13H,2-3,6H2. The van der Waals surface area contributed by atoms with E-state index in [1.807, 2.05) is 0 Å². The lowest BCUT2D eigenvalue weighted by Gasteiger charge is -2.31. The van der Waals surface area contributed by atoms with Gasteiger partial charge in [-0.15, -0.1) is 11.3 Å². The van der Waals surface area contributed by atoms with E-state index in [1.54, 1.807) is 16.3 Å². The first-order valence-corrected chi connectivity index (χ1v) is 6.14. The molecule has 1 saturated heterocycles. The summed E-state index contributed by atoms with van der Waals surface area (Å²) in [5.41, 5.74) is 0. The molecule has 84 valence electrons. The summed E-state index contributed by atoms with van der Waals surface area (Å²) in [6.07, 6.45) is 0. The van der Waals surface area contributed by atoms with Gasteiger partial charge in [0.15, 0.2) is 0 Å². The molecule has 0 bridgehead atoms. The summed E-state index contributed by atoms with van der Waals surface area (Å²) in [4.78, 5) is 14.2. The van der Waals surface area contributed by atoms with Gasteiger partial charge in [-0.3, -0.25) is 4.79 Å². The second-order valence-electron chi connectivity index (χ2n) is 3.45. The van der Waals surface area contributed by atoms with Crippen LogP contribution >= 0.6 is 22.9 Å². The van der Waals surface area contributed by atoms with E-state index < -0.39 is 6.04 Å². The van der Waals surface area contributed by atoms with Crippen molar-refractivity contribution >= 4 is 28.8 Å². The Morgan fingerprint density at radius 2 is 2.56 bits per heavy atom. The molecule has 0 saturated carbocycles. The van der Waals surface area contributed by atoms with E-state index in [0.29, 0.717) is 29.5 Å².